The summed E-state index contributed by atoms with van der Waals surface area (Å²) in [6, 6.07) is 55.8. The van der Waals surface area contributed by atoms with Gasteiger partial charge in [0.25, 0.3) is 0 Å². The van der Waals surface area contributed by atoms with Crippen LogP contribution in [0.3, 0.4) is 0 Å². The van der Waals surface area contributed by atoms with Crippen molar-refractivity contribution in [2.24, 2.45) is 0 Å². The highest BCUT2D eigenvalue weighted by molar-refractivity contribution is 7.20. The molecule has 3 aliphatic carbocycles. The molecule has 1 nitrogen and oxygen atoms in total. The van der Waals surface area contributed by atoms with Crippen molar-refractivity contribution in [1.29, 1.82) is 0 Å². The van der Waals surface area contributed by atoms with Crippen molar-refractivity contribution in [3.05, 3.63) is 227 Å². The SMILES string of the molecule is [2H]c1c([2H])c([2H])c([Si](c2ccccc2)(c2ccccc2)c2cccc3c2C2c4ccccc4C3c3cccc(-c4ccc5oc6ccccc6c5c4)c32)c([2H])c1[2H]. The summed E-state index contributed by atoms with van der Waals surface area (Å²) in [5.41, 5.74) is 11.4. The van der Waals surface area contributed by atoms with E-state index < -0.39 is 8.07 Å². The maximum atomic E-state index is 9.63. The molecule has 0 N–H and O–H groups in total. The second-order valence-electron chi connectivity index (χ2n) is 13.9. The average molecular weight is 684 g/mol. The molecule has 0 saturated heterocycles. The van der Waals surface area contributed by atoms with E-state index in [0.717, 1.165) is 48.6 Å². The fourth-order valence-corrected chi connectivity index (χ4v) is 14.2. The van der Waals surface area contributed by atoms with E-state index in [1.54, 1.807) is 0 Å². The van der Waals surface area contributed by atoms with Crippen LogP contribution in [0.15, 0.2) is 198 Å². The number of hydrogen-bond donors (Lipinski definition) is 0. The number of benzene rings is 8. The van der Waals surface area contributed by atoms with E-state index in [9.17, 15) is 2.74 Å². The van der Waals surface area contributed by atoms with Crippen LogP contribution in [-0.4, -0.2) is 8.07 Å². The second-order valence-corrected chi connectivity index (χ2v) is 17.6. The summed E-state index contributed by atoms with van der Waals surface area (Å²) < 4.78 is 52.1. The summed E-state index contributed by atoms with van der Waals surface area (Å²) in [6.45, 7) is 0. The fraction of sp³-hybridized carbons (Fsp3) is 0.0400. The van der Waals surface area contributed by atoms with Crippen LogP contribution < -0.4 is 20.7 Å². The van der Waals surface area contributed by atoms with Crippen molar-refractivity contribution in [1.82, 2.24) is 0 Å². The van der Waals surface area contributed by atoms with Crippen molar-refractivity contribution in [3.63, 3.8) is 0 Å². The van der Waals surface area contributed by atoms with Crippen LogP contribution in [0.25, 0.3) is 33.1 Å². The minimum atomic E-state index is -3.70. The Labute approximate surface area is 311 Å². The molecule has 3 aliphatic rings. The van der Waals surface area contributed by atoms with Gasteiger partial charge in [-0.15, -0.1) is 0 Å². The lowest BCUT2D eigenvalue weighted by atomic mass is 9.60. The Balaban J connectivity index is 1.27. The third kappa shape index (κ3) is 4.04. The molecule has 0 spiro atoms. The van der Waals surface area contributed by atoms with Gasteiger partial charge >= 0.3 is 0 Å². The molecule has 2 bridgehead atoms. The second kappa shape index (κ2) is 11.4. The highest BCUT2D eigenvalue weighted by Gasteiger charge is 2.49. The van der Waals surface area contributed by atoms with Crippen LogP contribution >= 0.6 is 0 Å². The molecule has 2 atom stereocenters. The third-order valence-corrected chi connectivity index (χ3v) is 16.1. The lowest BCUT2D eigenvalue weighted by molar-refractivity contribution is 0.669. The summed E-state index contributed by atoms with van der Waals surface area (Å²) in [7, 11) is -3.70. The molecule has 2 heteroatoms. The first-order valence-corrected chi connectivity index (χ1v) is 19.8. The molecule has 244 valence electrons. The molecule has 52 heavy (non-hydrogen) atoms. The molecule has 0 amide bonds. The van der Waals surface area contributed by atoms with Gasteiger partial charge < -0.3 is 4.42 Å². The molecule has 2 unspecified atom stereocenters. The molecule has 1 heterocycles. The predicted octanol–water partition coefficient (Wildman–Crippen LogP) is 9.62. The van der Waals surface area contributed by atoms with Crippen LogP contribution in [-0.2, 0) is 0 Å². The highest BCUT2D eigenvalue weighted by atomic mass is 28.3. The molecule has 8 aromatic carbocycles. The van der Waals surface area contributed by atoms with E-state index in [1.807, 2.05) is 54.6 Å². The topological polar surface area (TPSA) is 13.1 Å². The van der Waals surface area contributed by atoms with Gasteiger partial charge in [0.1, 0.15) is 11.2 Å². The largest absolute Gasteiger partial charge is 0.456 e. The summed E-state index contributed by atoms with van der Waals surface area (Å²) >= 11 is 0. The minimum absolute atomic E-state index is 0.0622. The van der Waals surface area contributed by atoms with Gasteiger partial charge in [0, 0.05) is 22.6 Å². The summed E-state index contributed by atoms with van der Waals surface area (Å²) in [5.74, 6) is -0.252. The van der Waals surface area contributed by atoms with E-state index in [2.05, 4.69) is 109 Å². The quantitative estimate of drug-likeness (QED) is 0.130. The summed E-state index contributed by atoms with van der Waals surface area (Å²) in [4.78, 5) is 0. The molecule has 0 aliphatic heterocycles. The molecular weight excluding hydrogens is 645 g/mol. The Kier molecular flexibility index (Phi) is 5.45. The zero-order valence-electron chi connectivity index (χ0n) is 33.2. The van der Waals surface area contributed by atoms with Crippen molar-refractivity contribution in [2.75, 3.05) is 0 Å². The van der Waals surface area contributed by atoms with Crippen molar-refractivity contribution >= 4 is 50.8 Å². The first-order chi connectivity index (χ1) is 27.9. The van der Waals surface area contributed by atoms with E-state index in [4.69, 9.17) is 8.53 Å². The first-order valence-electron chi connectivity index (χ1n) is 20.3. The van der Waals surface area contributed by atoms with Gasteiger partial charge in [0.2, 0.25) is 0 Å². The van der Waals surface area contributed by atoms with Crippen molar-refractivity contribution in [2.45, 2.75) is 11.8 Å². The van der Waals surface area contributed by atoms with E-state index in [0.29, 0.717) is 5.19 Å². The minimum Gasteiger partial charge on any atom is -0.456 e. The van der Waals surface area contributed by atoms with Crippen LogP contribution in [0, 0.1) is 0 Å². The predicted molar refractivity (Wildman–Crippen MR) is 218 cm³/mol. The van der Waals surface area contributed by atoms with Gasteiger partial charge in [0.15, 0.2) is 8.07 Å². The smallest absolute Gasteiger partial charge is 0.179 e. The number of para-hydroxylation sites is 1. The monoisotopic (exact) mass is 683 g/mol. The fourth-order valence-electron chi connectivity index (χ4n) is 9.50. The number of furan rings is 1. The van der Waals surface area contributed by atoms with Gasteiger partial charge in [0.05, 0.1) is 6.85 Å². The molecule has 1 aromatic heterocycles. The standard InChI is InChI=1S/C50H34OSi/c1-4-16-34(17-5-1)52(35-18-6-2-7-19-35,36-20-8-3-9-21-36)46-29-15-27-42-47-39-23-10-11-24-40(39)50(49(42)46)48-37(25-14-26-41(47)48)33-30-31-45-43(32-33)38-22-12-13-28-44(38)51-45/h1-32,47,50H/i1D,4D,5D,16D,17D. The van der Waals surface area contributed by atoms with E-state index in [-0.39, 0.29) is 42.0 Å². The zero-order valence-corrected chi connectivity index (χ0v) is 29.2. The first kappa shape index (κ1) is 24.8. The van der Waals surface area contributed by atoms with Crippen molar-refractivity contribution < 1.29 is 11.3 Å². The lowest BCUT2D eigenvalue weighted by Gasteiger charge is -2.47. The molecule has 0 saturated carbocycles. The van der Waals surface area contributed by atoms with Gasteiger partial charge in [-0.25, -0.2) is 0 Å². The van der Waals surface area contributed by atoms with Gasteiger partial charge in [-0.05, 0) is 83.5 Å². The Bertz CT molecular complexity index is 3030. The van der Waals surface area contributed by atoms with E-state index in [1.165, 1.54) is 33.4 Å². The zero-order chi connectivity index (χ0) is 38.6. The van der Waals surface area contributed by atoms with Gasteiger partial charge in [-0.1, -0.05) is 176 Å². The Morgan fingerprint density at radius 2 is 1.04 bits per heavy atom. The number of hydrogen-bond acceptors (Lipinski definition) is 1. The van der Waals surface area contributed by atoms with Crippen LogP contribution in [0.5, 0.6) is 0 Å². The van der Waals surface area contributed by atoms with Crippen LogP contribution in [0.1, 0.15) is 52.1 Å². The summed E-state index contributed by atoms with van der Waals surface area (Å²) in [5, 5.41) is 5.49. The number of rotatable bonds is 5. The molecule has 12 rings (SSSR count). The summed E-state index contributed by atoms with van der Waals surface area (Å²) in [6.07, 6.45) is 0. The lowest BCUT2D eigenvalue weighted by Crippen LogP contribution is -2.75. The maximum absolute atomic E-state index is 9.63. The molecule has 9 aromatic rings. The Morgan fingerprint density at radius 1 is 0.442 bits per heavy atom. The molecule has 0 fully saturated rings. The maximum Gasteiger partial charge on any atom is 0.179 e. The Morgan fingerprint density at radius 3 is 1.79 bits per heavy atom. The van der Waals surface area contributed by atoms with Gasteiger partial charge in [-0.3, -0.25) is 0 Å². The van der Waals surface area contributed by atoms with Crippen molar-refractivity contribution in [3.8, 4) is 11.1 Å². The average Bonchev–Trinajstić information content (AvgIpc) is 3.64. The van der Waals surface area contributed by atoms with Crippen LogP contribution in [0.4, 0.5) is 0 Å². The third-order valence-electron chi connectivity index (χ3n) is 11.5. The van der Waals surface area contributed by atoms with Crippen LogP contribution in [0.2, 0.25) is 0 Å². The van der Waals surface area contributed by atoms with Gasteiger partial charge in [-0.2, -0.15) is 0 Å². The Hall–Kier alpha value is -6.22. The number of fused-ring (bicyclic) bond motifs is 3. The molecular formula is C50H34OSi. The van der Waals surface area contributed by atoms with E-state index >= 15 is 0 Å². The molecule has 0 radical (unpaired) electrons. The highest BCUT2D eigenvalue weighted by Crippen LogP contribution is 2.57. The normalized spacial score (nSPS) is 17.0.